The number of hydrogen-bond donors (Lipinski definition) is 1. The predicted molar refractivity (Wildman–Crippen MR) is 116 cm³/mol. The third-order valence-electron chi connectivity index (χ3n) is 5.15. The first-order valence-electron chi connectivity index (χ1n) is 9.83. The van der Waals surface area contributed by atoms with Crippen LogP contribution in [0.15, 0.2) is 58.3 Å². The molecule has 1 aromatic heterocycles. The molecule has 0 fully saturated rings. The molecular weight excluding hydrogens is 461 g/mol. The monoisotopic (exact) mass is 480 g/mol. The highest BCUT2D eigenvalue weighted by molar-refractivity contribution is 7.92. The fraction of sp³-hybridized carbons (Fsp3) is 0.227. The lowest BCUT2D eigenvalue weighted by Gasteiger charge is -2.25. The van der Waals surface area contributed by atoms with E-state index in [0.717, 1.165) is 53.9 Å². The van der Waals surface area contributed by atoms with Crippen LogP contribution >= 0.6 is 11.3 Å². The molecule has 1 heterocycles. The fourth-order valence-corrected chi connectivity index (χ4v) is 5.22. The van der Waals surface area contributed by atoms with E-state index in [1.165, 1.54) is 23.0 Å². The Morgan fingerprint density at radius 1 is 1.09 bits per heavy atom. The van der Waals surface area contributed by atoms with Gasteiger partial charge >= 0.3 is 0 Å². The lowest BCUT2D eigenvalue weighted by molar-refractivity contribution is 0.253. The Balaban J connectivity index is 1.51. The third-order valence-corrected chi connectivity index (χ3v) is 7.11. The second kappa shape index (κ2) is 9.33. The van der Waals surface area contributed by atoms with Gasteiger partial charge in [0, 0.05) is 11.3 Å². The van der Waals surface area contributed by atoms with Crippen LogP contribution in [0.1, 0.15) is 24.8 Å². The van der Waals surface area contributed by atoms with Crippen LogP contribution in [-0.2, 0) is 10.0 Å². The summed E-state index contributed by atoms with van der Waals surface area (Å²) in [6.45, 7) is 0.0722. The van der Waals surface area contributed by atoms with Gasteiger partial charge in [-0.25, -0.2) is 22.2 Å². The fourth-order valence-electron chi connectivity index (χ4n) is 3.59. The Morgan fingerprint density at radius 2 is 1.88 bits per heavy atom. The number of hydrogen-bond acceptors (Lipinski definition) is 5. The predicted octanol–water partition coefficient (Wildman–Crippen LogP) is 5.62. The van der Waals surface area contributed by atoms with Gasteiger partial charge in [0.2, 0.25) is 5.82 Å². The van der Waals surface area contributed by atoms with E-state index in [4.69, 9.17) is 4.74 Å². The molecule has 0 spiro atoms. The number of nitrogens with one attached hydrogen (secondary N) is 1. The van der Waals surface area contributed by atoms with E-state index in [9.17, 15) is 21.6 Å². The molecule has 4 rings (SSSR count). The van der Waals surface area contributed by atoms with E-state index in [1.54, 1.807) is 12.1 Å². The summed E-state index contributed by atoms with van der Waals surface area (Å²) in [7, 11) is -4.35. The van der Waals surface area contributed by atoms with E-state index in [1.807, 2.05) is 6.08 Å². The number of aromatic nitrogens is 1. The Hall–Kier alpha value is -2.85. The van der Waals surface area contributed by atoms with E-state index < -0.39 is 26.6 Å². The molecule has 1 atom stereocenters. The lowest BCUT2D eigenvalue weighted by atomic mass is 9.84. The number of ether oxygens (including phenoxy) is 1. The second-order valence-corrected chi connectivity index (χ2v) is 9.64. The summed E-state index contributed by atoms with van der Waals surface area (Å²) in [5.74, 6) is -3.69. The van der Waals surface area contributed by atoms with Gasteiger partial charge < -0.3 is 4.74 Å². The van der Waals surface area contributed by atoms with Gasteiger partial charge in [-0.05, 0) is 54.7 Å². The Morgan fingerprint density at radius 3 is 2.59 bits per heavy atom. The number of rotatable bonds is 7. The van der Waals surface area contributed by atoms with Crippen LogP contribution in [0.4, 0.5) is 19.0 Å². The van der Waals surface area contributed by atoms with Gasteiger partial charge in [-0.3, -0.25) is 4.72 Å². The number of nitrogens with zero attached hydrogens (tertiary/aromatic N) is 1. The van der Waals surface area contributed by atoms with Crippen molar-refractivity contribution in [2.45, 2.75) is 24.2 Å². The maximum Gasteiger partial charge on any atom is 0.266 e. The van der Waals surface area contributed by atoms with E-state index >= 15 is 0 Å². The average molecular weight is 481 g/mol. The zero-order valence-corrected chi connectivity index (χ0v) is 18.4. The van der Waals surface area contributed by atoms with E-state index in [0.29, 0.717) is 0 Å². The summed E-state index contributed by atoms with van der Waals surface area (Å²) in [4.78, 5) is 2.94. The van der Waals surface area contributed by atoms with Crippen molar-refractivity contribution in [2.75, 3.05) is 11.3 Å². The molecule has 0 bridgehead atoms. The molecule has 168 valence electrons. The maximum atomic E-state index is 14.6. The number of anilines is 1. The zero-order valence-electron chi connectivity index (χ0n) is 16.7. The Bertz CT molecular complexity index is 1230. The molecule has 1 N–H and O–H groups in total. The second-order valence-electron chi connectivity index (χ2n) is 7.27. The van der Waals surface area contributed by atoms with Gasteiger partial charge in [0.05, 0.1) is 12.1 Å². The summed E-state index contributed by atoms with van der Waals surface area (Å²) < 4.78 is 74.9. The minimum absolute atomic E-state index is 0.0209. The summed E-state index contributed by atoms with van der Waals surface area (Å²) in [5, 5.41) is 1.43. The van der Waals surface area contributed by atoms with Crippen molar-refractivity contribution in [1.29, 1.82) is 0 Å². The first-order chi connectivity index (χ1) is 15.3. The molecule has 1 aliphatic rings. The van der Waals surface area contributed by atoms with Crippen LogP contribution in [-0.4, -0.2) is 20.0 Å². The van der Waals surface area contributed by atoms with Crippen LogP contribution in [0.5, 0.6) is 5.75 Å². The number of thiazole rings is 1. The summed E-state index contributed by atoms with van der Waals surface area (Å²) in [6, 6.07) is 8.15. The van der Waals surface area contributed by atoms with Crippen LogP contribution in [0.2, 0.25) is 0 Å². The molecule has 0 radical (unpaired) electrons. The molecule has 5 nitrogen and oxygen atoms in total. The quantitative estimate of drug-likeness (QED) is 0.476. The molecule has 1 aliphatic carbocycles. The number of benzene rings is 2. The topological polar surface area (TPSA) is 68.3 Å². The molecule has 0 saturated heterocycles. The molecule has 0 aliphatic heterocycles. The Kier molecular flexibility index (Phi) is 6.52. The number of allylic oxidation sites excluding steroid dienone is 1. The van der Waals surface area contributed by atoms with Crippen molar-refractivity contribution in [2.24, 2.45) is 5.92 Å². The summed E-state index contributed by atoms with van der Waals surface area (Å²) in [5.41, 5.74) is 3.22. The van der Waals surface area contributed by atoms with Crippen LogP contribution in [0.25, 0.3) is 5.57 Å². The molecular formula is C22H19F3N2O3S2. The third kappa shape index (κ3) is 4.81. The molecule has 0 amide bonds. The van der Waals surface area contributed by atoms with Crippen molar-refractivity contribution in [3.05, 3.63) is 76.4 Å². The SMILES string of the molecule is O=S(=O)(Nc1cscn1)c1ccc(OCC2CCCC=C2c2ccc(F)cc2)c(F)c1F. The highest BCUT2D eigenvalue weighted by Crippen LogP contribution is 2.34. The van der Waals surface area contributed by atoms with Crippen molar-refractivity contribution >= 4 is 32.8 Å². The van der Waals surface area contributed by atoms with Gasteiger partial charge in [0.25, 0.3) is 10.0 Å². The molecule has 1 unspecified atom stereocenters. The molecule has 2 aromatic carbocycles. The summed E-state index contributed by atoms with van der Waals surface area (Å²) >= 11 is 1.16. The Labute approximate surface area is 187 Å². The minimum atomic E-state index is -4.35. The molecule has 3 aromatic rings. The first-order valence-corrected chi connectivity index (χ1v) is 12.3. The van der Waals surface area contributed by atoms with Gasteiger partial charge in [-0.2, -0.15) is 4.39 Å². The van der Waals surface area contributed by atoms with Gasteiger partial charge in [0.1, 0.15) is 10.7 Å². The zero-order chi connectivity index (χ0) is 22.7. The minimum Gasteiger partial charge on any atom is -0.490 e. The van der Waals surface area contributed by atoms with Crippen molar-refractivity contribution in [3.8, 4) is 5.75 Å². The smallest absolute Gasteiger partial charge is 0.266 e. The highest BCUT2D eigenvalue weighted by atomic mass is 32.2. The van der Waals surface area contributed by atoms with Crippen LogP contribution in [0.3, 0.4) is 0 Å². The standard InChI is InChI=1S/C22H19F3N2O3S2/c23-16-7-5-14(6-8-16)17-4-2-1-3-15(17)11-30-18-9-10-19(22(25)21(18)24)32(28,29)27-20-12-31-13-26-20/h4-10,12-13,15,27H,1-3,11H2. The van der Waals surface area contributed by atoms with Gasteiger partial charge in [-0.1, -0.05) is 18.2 Å². The van der Waals surface area contributed by atoms with Crippen LogP contribution in [0, 0.1) is 23.4 Å². The largest absolute Gasteiger partial charge is 0.490 e. The van der Waals surface area contributed by atoms with E-state index in [-0.39, 0.29) is 29.9 Å². The van der Waals surface area contributed by atoms with E-state index in [2.05, 4.69) is 9.71 Å². The maximum absolute atomic E-state index is 14.6. The normalized spacial score (nSPS) is 16.5. The average Bonchev–Trinajstić information content (AvgIpc) is 3.28. The van der Waals surface area contributed by atoms with Gasteiger partial charge in [-0.15, -0.1) is 11.3 Å². The van der Waals surface area contributed by atoms with Crippen molar-refractivity contribution in [3.63, 3.8) is 0 Å². The van der Waals surface area contributed by atoms with Crippen molar-refractivity contribution < 1.29 is 26.3 Å². The number of sulfonamides is 1. The summed E-state index contributed by atoms with van der Waals surface area (Å²) in [6.07, 6.45) is 4.60. The molecule has 0 saturated carbocycles. The van der Waals surface area contributed by atoms with Crippen molar-refractivity contribution in [1.82, 2.24) is 4.98 Å². The first kappa shape index (κ1) is 22.3. The lowest BCUT2D eigenvalue weighted by Crippen LogP contribution is -2.18. The molecule has 32 heavy (non-hydrogen) atoms. The van der Waals surface area contributed by atoms with Crippen LogP contribution < -0.4 is 9.46 Å². The van der Waals surface area contributed by atoms with Gasteiger partial charge in [0.15, 0.2) is 17.4 Å². The number of halogens is 3. The highest BCUT2D eigenvalue weighted by Gasteiger charge is 2.26. The molecule has 10 heteroatoms.